The third kappa shape index (κ3) is 3.76. The van der Waals surface area contributed by atoms with E-state index in [0.29, 0.717) is 4.88 Å². The molecule has 1 amide bonds. The van der Waals surface area contributed by atoms with E-state index < -0.39 is 22.8 Å². The molecule has 0 unspecified atom stereocenters. The van der Waals surface area contributed by atoms with E-state index in [2.05, 4.69) is 5.32 Å². The number of hydrogen-bond acceptors (Lipinski definition) is 6. The predicted octanol–water partition coefficient (Wildman–Crippen LogP) is 2.64. The molecular formula is C13H12N2O5S. The maximum absolute atomic E-state index is 11.9. The first-order valence-corrected chi connectivity index (χ1v) is 6.97. The smallest absolute Gasteiger partial charge is 0.395 e. The van der Waals surface area contributed by atoms with E-state index in [1.54, 1.807) is 24.4 Å². The first kappa shape index (κ1) is 14.9. The zero-order valence-electron chi connectivity index (χ0n) is 11.1. The summed E-state index contributed by atoms with van der Waals surface area (Å²) < 4.78 is 4.79. The molecule has 8 heteroatoms. The van der Waals surface area contributed by atoms with Gasteiger partial charge in [-0.1, -0.05) is 6.07 Å². The molecule has 21 heavy (non-hydrogen) atoms. The van der Waals surface area contributed by atoms with Crippen LogP contribution in [0.3, 0.4) is 0 Å². The minimum absolute atomic E-state index is 0.0665. The molecule has 2 aromatic heterocycles. The number of nitrogens with one attached hydrogen (secondary N) is 1. The number of hydrogen-bond donors (Lipinski definition) is 1. The molecule has 0 saturated carbocycles. The van der Waals surface area contributed by atoms with Crippen molar-refractivity contribution >= 4 is 28.9 Å². The molecule has 0 bridgehead atoms. The normalized spacial score (nSPS) is 11.9. The fraction of sp³-hybridized carbons (Fsp3) is 0.231. The third-order valence-electron chi connectivity index (χ3n) is 2.66. The summed E-state index contributed by atoms with van der Waals surface area (Å²) >= 11 is 1.34. The highest BCUT2D eigenvalue weighted by Crippen LogP contribution is 2.16. The minimum Gasteiger partial charge on any atom is -0.395 e. The zero-order chi connectivity index (χ0) is 15.4. The van der Waals surface area contributed by atoms with Crippen molar-refractivity contribution in [2.24, 2.45) is 0 Å². The Bertz CT molecular complexity index is 662. The Morgan fingerprint density at radius 2 is 2.19 bits per heavy atom. The van der Waals surface area contributed by atoms with Crippen LogP contribution in [0.1, 0.15) is 33.6 Å². The van der Waals surface area contributed by atoms with E-state index in [0.717, 1.165) is 6.07 Å². The highest BCUT2D eigenvalue weighted by atomic mass is 32.1. The number of amides is 1. The van der Waals surface area contributed by atoms with Gasteiger partial charge in [0.05, 0.1) is 10.9 Å². The van der Waals surface area contributed by atoms with Crippen LogP contribution in [0.2, 0.25) is 0 Å². The summed E-state index contributed by atoms with van der Waals surface area (Å²) in [5.74, 6) is -1.31. The lowest BCUT2D eigenvalue weighted by atomic mass is 10.1. The van der Waals surface area contributed by atoms with E-state index in [-0.39, 0.29) is 18.0 Å². The van der Waals surface area contributed by atoms with Crippen LogP contribution in [-0.4, -0.2) is 22.7 Å². The highest BCUT2D eigenvalue weighted by molar-refractivity contribution is 7.12. The first-order valence-electron chi connectivity index (χ1n) is 6.09. The number of thiophene rings is 1. The summed E-state index contributed by atoms with van der Waals surface area (Å²) in [5, 5.41) is 14.8. The van der Waals surface area contributed by atoms with Crippen molar-refractivity contribution in [3.63, 3.8) is 0 Å². The second kappa shape index (κ2) is 6.31. The number of nitrogens with zero attached hydrogens (tertiary/aromatic N) is 1. The fourth-order valence-corrected chi connectivity index (χ4v) is 2.39. The van der Waals surface area contributed by atoms with Gasteiger partial charge in [-0.15, -0.1) is 11.3 Å². The quantitative estimate of drug-likeness (QED) is 0.502. The van der Waals surface area contributed by atoms with Crippen LogP contribution in [0.25, 0.3) is 0 Å². The average Bonchev–Trinajstić information content (AvgIpc) is 3.10. The van der Waals surface area contributed by atoms with E-state index >= 15 is 0 Å². The maximum Gasteiger partial charge on any atom is 0.433 e. The number of rotatable bonds is 6. The first-order chi connectivity index (χ1) is 9.97. The van der Waals surface area contributed by atoms with Gasteiger partial charge < -0.3 is 9.73 Å². The summed E-state index contributed by atoms with van der Waals surface area (Å²) in [4.78, 5) is 34.1. The van der Waals surface area contributed by atoms with Gasteiger partial charge in [0.25, 0.3) is 5.91 Å². The van der Waals surface area contributed by atoms with Crippen LogP contribution in [0, 0.1) is 10.1 Å². The Labute approximate surface area is 123 Å². The van der Waals surface area contributed by atoms with Gasteiger partial charge in [0.2, 0.25) is 0 Å². The van der Waals surface area contributed by atoms with Gasteiger partial charge in [-0.25, -0.2) is 0 Å². The van der Waals surface area contributed by atoms with Crippen molar-refractivity contribution in [3.05, 3.63) is 50.4 Å². The van der Waals surface area contributed by atoms with Crippen molar-refractivity contribution in [3.8, 4) is 0 Å². The fourth-order valence-electron chi connectivity index (χ4n) is 1.71. The molecule has 2 aromatic rings. The summed E-state index contributed by atoms with van der Waals surface area (Å²) in [5.41, 5.74) is 0. The second-order valence-electron chi connectivity index (χ2n) is 4.37. The van der Waals surface area contributed by atoms with Crippen molar-refractivity contribution in [2.45, 2.75) is 19.4 Å². The van der Waals surface area contributed by atoms with Gasteiger partial charge in [-0.05, 0) is 24.4 Å². The molecule has 0 aliphatic heterocycles. The van der Waals surface area contributed by atoms with Crippen LogP contribution in [-0.2, 0) is 0 Å². The number of ketones is 1. The van der Waals surface area contributed by atoms with E-state index in [9.17, 15) is 19.7 Å². The van der Waals surface area contributed by atoms with Gasteiger partial charge in [0, 0.05) is 12.5 Å². The number of carbonyl (C=O) groups is 2. The highest BCUT2D eigenvalue weighted by Gasteiger charge is 2.20. The van der Waals surface area contributed by atoms with Gasteiger partial charge in [0.15, 0.2) is 11.5 Å². The molecule has 0 saturated heterocycles. The molecule has 2 heterocycles. The van der Waals surface area contributed by atoms with Crippen molar-refractivity contribution in [2.75, 3.05) is 0 Å². The number of Topliss-reactive ketones (excluding diaryl/α,β-unsaturated/α-hetero) is 1. The lowest BCUT2D eigenvalue weighted by Gasteiger charge is -2.11. The van der Waals surface area contributed by atoms with Crippen molar-refractivity contribution < 1.29 is 18.9 Å². The summed E-state index contributed by atoms with van der Waals surface area (Å²) in [7, 11) is 0. The topological polar surface area (TPSA) is 102 Å². The number of furan rings is 1. The van der Waals surface area contributed by atoms with Crippen LogP contribution in [0.4, 0.5) is 5.88 Å². The molecule has 0 spiro atoms. The molecule has 7 nitrogen and oxygen atoms in total. The molecule has 1 atom stereocenters. The lowest BCUT2D eigenvalue weighted by molar-refractivity contribution is -0.402. The Morgan fingerprint density at radius 1 is 1.43 bits per heavy atom. The maximum atomic E-state index is 11.9. The molecule has 0 fully saturated rings. The van der Waals surface area contributed by atoms with E-state index in [4.69, 9.17) is 4.42 Å². The monoisotopic (exact) mass is 308 g/mol. The molecule has 110 valence electrons. The molecule has 1 N–H and O–H groups in total. The number of carbonyl (C=O) groups excluding carboxylic acids is 2. The molecule has 0 aliphatic rings. The van der Waals surface area contributed by atoms with Crippen LogP contribution >= 0.6 is 11.3 Å². The minimum atomic E-state index is -0.722. The average molecular weight is 308 g/mol. The number of nitro groups is 1. The molecular weight excluding hydrogens is 296 g/mol. The van der Waals surface area contributed by atoms with Gasteiger partial charge in [0.1, 0.15) is 4.92 Å². The van der Waals surface area contributed by atoms with Crippen LogP contribution in [0.15, 0.2) is 34.1 Å². The molecule has 0 aliphatic carbocycles. The lowest BCUT2D eigenvalue weighted by Crippen LogP contribution is -2.33. The van der Waals surface area contributed by atoms with Crippen LogP contribution < -0.4 is 5.32 Å². The molecule has 2 rings (SSSR count). The van der Waals surface area contributed by atoms with Crippen molar-refractivity contribution in [1.82, 2.24) is 5.32 Å². The summed E-state index contributed by atoms with van der Waals surface area (Å²) in [6, 6.07) is 5.43. The zero-order valence-corrected chi connectivity index (χ0v) is 11.9. The predicted molar refractivity (Wildman–Crippen MR) is 75.6 cm³/mol. The van der Waals surface area contributed by atoms with Gasteiger partial charge in [-0.3, -0.25) is 19.7 Å². The Balaban J connectivity index is 1.92. The Hall–Kier alpha value is -2.48. The molecule has 0 aromatic carbocycles. The van der Waals surface area contributed by atoms with Gasteiger partial charge >= 0.3 is 5.88 Å². The molecule has 0 radical (unpaired) electrons. The third-order valence-corrected chi connectivity index (χ3v) is 3.57. The van der Waals surface area contributed by atoms with Gasteiger partial charge in [-0.2, -0.15) is 0 Å². The Kier molecular flexibility index (Phi) is 4.49. The second-order valence-corrected chi connectivity index (χ2v) is 5.32. The summed E-state index contributed by atoms with van der Waals surface area (Å²) in [6.45, 7) is 1.68. The largest absolute Gasteiger partial charge is 0.433 e. The van der Waals surface area contributed by atoms with E-state index in [1.165, 1.54) is 17.4 Å². The van der Waals surface area contributed by atoms with E-state index in [1.807, 2.05) is 0 Å². The SMILES string of the molecule is C[C@H](CC(=O)c1cccs1)NC(=O)c1ccc([N+](=O)[O-])o1. The standard InChI is InChI=1S/C13H12N2O5S/c1-8(7-9(16)11-3-2-6-21-11)14-13(17)10-4-5-12(20-10)15(18)19/h2-6,8H,7H2,1H3,(H,14,17)/t8-/m1/s1. The Morgan fingerprint density at radius 3 is 2.76 bits per heavy atom. The summed E-state index contributed by atoms with van der Waals surface area (Å²) in [6.07, 6.45) is 0.148. The van der Waals surface area contributed by atoms with Crippen molar-refractivity contribution in [1.29, 1.82) is 0 Å². The van der Waals surface area contributed by atoms with Crippen LogP contribution in [0.5, 0.6) is 0 Å².